The molecule has 0 saturated heterocycles. The minimum absolute atomic E-state index is 0.145. The molecule has 1 atom stereocenters. The van der Waals surface area contributed by atoms with Crippen LogP contribution in [0.5, 0.6) is 0 Å². The Morgan fingerprint density at radius 1 is 1.06 bits per heavy atom. The summed E-state index contributed by atoms with van der Waals surface area (Å²) >= 11 is 0. The molecule has 0 bridgehead atoms. The minimum Gasteiger partial charge on any atom is -0.383 e. The fourth-order valence-corrected chi connectivity index (χ4v) is 3.53. The van der Waals surface area contributed by atoms with Gasteiger partial charge in [-0.25, -0.2) is 14.4 Å². The standard InChI is InChI=1S/C24H20F4N6O/c1-13-7-16-8-15(3-5-20(16)33-22(13)29)23(35)34(14(2)19-6-4-17(25)9-31-19)12-18-10-32-21(11-30-18)24(26,27)28/h3-11,14H,12H2,1-2H3,(H2,29,33)/t14-/m1/s1. The minimum atomic E-state index is -4.63. The van der Waals surface area contributed by atoms with Gasteiger partial charge in [0.15, 0.2) is 5.69 Å². The van der Waals surface area contributed by atoms with E-state index in [0.29, 0.717) is 34.2 Å². The second-order valence-corrected chi connectivity index (χ2v) is 8.00. The summed E-state index contributed by atoms with van der Waals surface area (Å²) in [5, 5.41) is 0.699. The summed E-state index contributed by atoms with van der Waals surface area (Å²) in [6.45, 7) is 3.33. The first-order valence-electron chi connectivity index (χ1n) is 10.5. The Hall–Kier alpha value is -4.15. The molecule has 0 spiro atoms. The van der Waals surface area contributed by atoms with Crippen molar-refractivity contribution in [3.05, 3.63) is 89.0 Å². The van der Waals surface area contributed by atoms with Gasteiger partial charge < -0.3 is 10.6 Å². The molecule has 0 aliphatic heterocycles. The van der Waals surface area contributed by atoms with Crippen molar-refractivity contribution in [2.45, 2.75) is 32.6 Å². The third-order valence-corrected chi connectivity index (χ3v) is 5.53. The zero-order valence-electron chi connectivity index (χ0n) is 18.7. The van der Waals surface area contributed by atoms with Crippen LogP contribution in [0.4, 0.5) is 23.4 Å². The summed E-state index contributed by atoms with van der Waals surface area (Å²) in [5.74, 6) is -0.583. The maximum absolute atomic E-state index is 13.6. The van der Waals surface area contributed by atoms with Crippen LogP contribution in [0.15, 0.2) is 55.0 Å². The van der Waals surface area contributed by atoms with Crippen molar-refractivity contribution < 1.29 is 22.4 Å². The van der Waals surface area contributed by atoms with E-state index in [1.807, 2.05) is 6.07 Å². The fraction of sp³-hybridized carbons (Fsp3) is 0.208. The van der Waals surface area contributed by atoms with E-state index < -0.39 is 29.6 Å². The number of aromatic nitrogens is 4. The lowest BCUT2D eigenvalue weighted by molar-refractivity contribution is -0.141. The van der Waals surface area contributed by atoms with Gasteiger partial charge in [0.05, 0.1) is 48.1 Å². The van der Waals surface area contributed by atoms with Crippen LogP contribution in [-0.2, 0) is 12.7 Å². The molecule has 1 amide bonds. The molecule has 180 valence electrons. The zero-order chi connectivity index (χ0) is 25.3. The van der Waals surface area contributed by atoms with Gasteiger partial charge in [-0.2, -0.15) is 13.2 Å². The number of aryl methyl sites for hydroxylation is 1. The molecule has 0 unspecified atom stereocenters. The van der Waals surface area contributed by atoms with Crippen LogP contribution >= 0.6 is 0 Å². The molecule has 35 heavy (non-hydrogen) atoms. The molecule has 2 N–H and O–H groups in total. The van der Waals surface area contributed by atoms with E-state index in [1.165, 1.54) is 17.0 Å². The van der Waals surface area contributed by atoms with Gasteiger partial charge in [0.2, 0.25) is 0 Å². The largest absolute Gasteiger partial charge is 0.434 e. The summed E-state index contributed by atoms with van der Waals surface area (Å²) in [6.07, 6.45) is -2.01. The average Bonchev–Trinajstić information content (AvgIpc) is 2.82. The number of nitrogen functional groups attached to an aromatic ring is 1. The lowest BCUT2D eigenvalue weighted by Crippen LogP contribution is -2.34. The van der Waals surface area contributed by atoms with Gasteiger partial charge in [-0.15, -0.1) is 0 Å². The van der Waals surface area contributed by atoms with E-state index in [0.717, 1.165) is 18.0 Å². The quantitative estimate of drug-likeness (QED) is 0.406. The molecule has 7 nitrogen and oxygen atoms in total. The molecule has 0 fully saturated rings. The lowest BCUT2D eigenvalue weighted by Gasteiger charge is -2.29. The molecular formula is C24H20F4N6O. The number of hydrogen-bond donors (Lipinski definition) is 1. The monoisotopic (exact) mass is 484 g/mol. The first-order chi connectivity index (χ1) is 16.5. The number of nitrogens with two attached hydrogens (primary N) is 1. The maximum Gasteiger partial charge on any atom is 0.434 e. The Morgan fingerprint density at radius 2 is 1.83 bits per heavy atom. The topological polar surface area (TPSA) is 97.9 Å². The van der Waals surface area contributed by atoms with E-state index in [1.54, 1.807) is 32.0 Å². The first-order valence-corrected chi connectivity index (χ1v) is 10.5. The second kappa shape index (κ2) is 9.24. The summed E-state index contributed by atoms with van der Waals surface area (Å²) in [5.41, 5.74) is 6.95. The number of rotatable bonds is 5. The molecule has 4 rings (SSSR count). The number of anilines is 1. The molecule has 0 saturated carbocycles. The van der Waals surface area contributed by atoms with E-state index in [-0.39, 0.29) is 12.2 Å². The van der Waals surface area contributed by atoms with Crippen LogP contribution in [0, 0.1) is 12.7 Å². The van der Waals surface area contributed by atoms with E-state index in [4.69, 9.17) is 5.73 Å². The summed E-state index contributed by atoms with van der Waals surface area (Å²) in [7, 11) is 0. The van der Waals surface area contributed by atoms with Crippen molar-refractivity contribution >= 4 is 22.6 Å². The third-order valence-electron chi connectivity index (χ3n) is 5.53. The van der Waals surface area contributed by atoms with Gasteiger partial charge in [-0.1, -0.05) is 0 Å². The van der Waals surface area contributed by atoms with E-state index in [9.17, 15) is 22.4 Å². The Balaban J connectivity index is 1.71. The van der Waals surface area contributed by atoms with Crippen molar-refractivity contribution in [1.29, 1.82) is 0 Å². The van der Waals surface area contributed by atoms with Crippen LogP contribution in [0.2, 0.25) is 0 Å². The molecular weight excluding hydrogens is 464 g/mol. The zero-order valence-corrected chi connectivity index (χ0v) is 18.7. The number of carbonyl (C=O) groups is 1. The third kappa shape index (κ3) is 5.18. The normalized spacial score (nSPS) is 12.5. The van der Waals surface area contributed by atoms with Crippen molar-refractivity contribution in [2.24, 2.45) is 0 Å². The fourth-order valence-electron chi connectivity index (χ4n) is 3.53. The highest BCUT2D eigenvalue weighted by Gasteiger charge is 2.33. The van der Waals surface area contributed by atoms with E-state index >= 15 is 0 Å². The molecule has 0 aliphatic rings. The Morgan fingerprint density at radius 3 is 2.46 bits per heavy atom. The van der Waals surface area contributed by atoms with Crippen molar-refractivity contribution in [2.75, 3.05) is 5.73 Å². The predicted octanol–water partition coefficient (Wildman–Crippen LogP) is 4.87. The average molecular weight is 484 g/mol. The number of alkyl halides is 3. The molecule has 1 aromatic carbocycles. The highest BCUT2D eigenvalue weighted by atomic mass is 19.4. The number of benzene rings is 1. The molecule has 3 heterocycles. The van der Waals surface area contributed by atoms with Crippen LogP contribution in [0.25, 0.3) is 10.9 Å². The number of nitrogens with zero attached hydrogens (tertiary/aromatic N) is 5. The smallest absolute Gasteiger partial charge is 0.383 e. The van der Waals surface area contributed by atoms with Gasteiger partial charge in [0.1, 0.15) is 11.6 Å². The van der Waals surface area contributed by atoms with Gasteiger partial charge in [-0.05, 0) is 55.8 Å². The van der Waals surface area contributed by atoms with Crippen molar-refractivity contribution in [3.63, 3.8) is 0 Å². The molecule has 11 heteroatoms. The van der Waals surface area contributed by atoms with Crippen molar-refractivity contribution in [3.8, 4) is 0 Å². The molecule has 3 aromatic heterocycles. The second-order valence-electron chi connectivity index (χ2n) is 8.00. The summed E-state index contributed by atoms with van der Waals surface area (Å²) < 4.78 is 52.0. The molecule has 4 aromatic rings. The number of pyridine rings is 2. The summed E-state index contributed by atoms with van der Waals surface area (Å²) in [6, 6.07) is 8.72. The van der Waals surface area contributed by atoms with Crippen LogP contribution < -0.4 is 5.73 Å². The van der Waals surface area contributed by atoms with Gasteiger partial charge in [-0.3, -0.25) is 14.8 Å². The van der Waals surface area contributed by atoms with Crippen LogP contribution in [0.1, 0.15) is 46.0 Å². The Labute approximate surface area is 197 Å². The SMILES string of the molecule is Cc1cc2cc(C(=O)N(Cc3cnc(C(F)(F)F)cn3)[C@H](C)c3ccc(F)cn3)ccc2nc1N. The Bertz CT molecular complexity index is 1370. The lowest BCUT2D eigenvalue weighted by atomic mass is 10.1. The number of fused-ring (bicyclic) bond motifs is 1. The maximum atomic E-state index is 13.6. The predicted molar refractivity (Wildman–Crippen MR) is 120 cm³/mol. The number of carbonyl (C=O) groups excluding carboxylic acids is 1. The van der Waals surface area contributed by atoms with Gasteiger partial charge in [0, 0.05) is 10.9 Å². The van der Waals surface area contributed by atoms with Crippen LogP contribution in [-0.4, -0.2) is 30.7 Å². The molecule has 0 radical (unpaired) electrons. The molecule has 0 aliphatic carbocycles. The highest BCUT2D eigenvalue weighted by Crippen LogP contribution is 2.28. The Kier molecular flexibility index (Phi) is 6.33. The van der Waals surface area contributed by atoms with Gasteiger partial charge >= 0.3 is 6.18 Å². The number of amides is 1. The van der Waals surface area contributed by atoms with Gasteiger partial charge in [0.25, 0.3) is 5.91 Å². The first kappa shape index (κ1) is 24.0. The number of hydrogen-bond acceptors (Lipinski definition) is 6. The highest BCUT2D eigenvalue weighted by molar-refractivity contribution is 5.98. The van der Waals surface area contributed by atoms with Crippen LogP contribution in [0.3, 0.4) is 0 Å². The summed E-state index contributed by atoms with van der Waals surface area (Å²) in [4.78, 5) is 30.6. The van der Waals surface area contributed by atoms with Crippen molar-refractivity contribution in [1.82, 2.24) is 24.8 Å². The van der Waals surface area contributed by atoms with E-state index in [2.05, 4.69) is 19.9 Å². The number of halogens is 4.